The highest BCUT2D eigenvalue weighted by atomic mass is 16.5. The molecule has 0 fully saturated rings. The van der Waals surface area contributed by atoms with E-state index < -0.39 is 17.4 Å². The van der Waals surface area contributed by atoms with Crippen LogP contribution in [0, 0.1) is 0 Å². The Morgan fingerprint density at radius 3 is 1.57 bits per heavy atom. The van der Waals surface area contributed by atoms with Crippen LogP contribution < -0.4 is 5.32 Å². The molecule has 0 aliphatic rings. The monoisotopic (exact) mass is 471 g/mol. The van der Waals surface area contributed by atoms with Crippen molar-refractivity contribution >= 4 is 11.9 Å². The van der Waals surface area contributed by atoms with Crippen molar-refractivity contribution in [2.24, 2.45) is 0 Å². The van der Waals surface area contributed by atoms with Gasteiger partial charge >= 0.3 is 5.97 Å². The van der Waals surface area contributed by atoms with E-state index in [0.717, 1.165) is 36.0 Å². The third-order valence-corrected chi connectivity index (χ3v) is 6.60. The van der Waals surface area contributed by atoms with Gasteiger partial charge in [0.2, 0.25) is 5.91 Å². The van der Waals surface area contributed by atoms with Gasteiger partial charge in [-0.15, -0.1) is 0 Å². The van der Waals surface area contributed by atoms with Gasteiger partial charge in [-0.05, 0) is 23.1 Å². The van der Waals surface area contributed by atoms with Gasteiger partial charge in [-0.3, -0.25) is 4.79 Å². The lowest BCUT2D eigenvalue weighted by Crippen LogP contribution is -2.52. The van der Waals surface area contributed by atoms with Gasteiger partial charge in [0.25, 0.3) is 0 Å². The van der Waals surface area contributed by atoms with Crippen LogP contribution in [0.25, 0.3) is 0 Å². The van der Waals surface area contributed by atoms with Gasteiger partial charge in [-0.2, -0.15) is 0 Å². The van der Waals surface area contributed by atoms with E-state index in [0.29, 0.717) is 6.42 Å². The number of unbranched alkanes of at least 4 members (excludes halogenated alkanes) is 5. The van der Waals surface area contributed by atoms with Crippen molar-refractivity contribution in [1.82, 2.24) is 5.32 Å². The summed E-state index contributed by atoms with van der Waals surface area (Å²) in [6, 6.07) is 28.6. The second-order valence-corrected chi connectivity index (χ2v) is 8.95. The molecule has 4 nitrogen and oxygen atoms in total. The molecule has 3 rings (SSSR count). The summed E-state index contributed by atoms with van der Waals surface area (Å²) in [6.45, 7) is 2.20. The highest BCUT2D eigenvalue weighted by Crippen LogP contribution is 2.39. The Kier molecular flexibility index (Phi) is 10.1. The number of nitrogens with one attached hydrogen (secondary N) is 1. The largest absolute Gasteiger partial charge is 0.467 e. The van der Waals surface area contributed by atoms with Crippen molar-refractivity contribution in [3.05, 3.63) is 108 Å². The Bertz CT molecular complexity index is 938. The van der Waals surface area contributed by atoms with E-state index in [9.17, 15) is 9.59 Å². The minimum absolute atomic E-state index is 0.234. The number of rotatable bonds is 13. The predicted octanol–water partition coefficient (Wildman–Crippen LogP) is 6.43. The summed E-state index contributed by atoms with van der Waals surface area (Å²) in [7, 11) is 1.38. The molecule has 0 aliphatic heterocycles. The molecule has 0 aromatic heterocycles. The topological polar surface area (TPSA) is 55.4 Å². The van der Waals surface area contributed by atoms with Gasteiger partial charge in [0.1, 0.15) is 11.5 Å². The number of amides is 1. The number of methoxy groups -OCH3 is 1. The van der Waals surface area contributed by atoms with Crippen LogP contribution >= 0.6 is 0 Å². The van der Waals surface area contributed by atoms with E-state index in [4.69, 9.17) is 4.74 Å². The van der Waals surface area contributed by atoms with Crippen LogP contribution in [-0.4, -0.2) is 25.0 Å². The summed E-state index contributed by atoms with van der Waals surface area (Å²) < 4.78 is 5.08. The first kappa shape index (κ1) is 26.2. The first-order chi connectivity index (χ1) is 17.1. The molecule has 1 atom stereocenters. The fraction of sp³-hybridized carbons (Fsp3) is 0.355. The lowest BCUT2D eigenvalue weighted by atomic mass is 9.68. The van der Waals surface area contributed by atoms with Crippen molar-refractivity contribution in [3.63, 3.8) is 0 Å². The number of carbonyl (C=O) groups is 2. The number of esters is 1. The molecule has 1 amide bonds. The summed E-state index contributed by atoms with van der Waals surface area (Å²) >= 11 is 0. The van der Waals surface area contributed by atoms with Crippen LogP contribution in [0.15, 0.2) is 91.0 Å². The van der Waals surface area contributed by atoms with Crippen LogP contribution in [0.2, 0.25) is 0 Å². The van der Waals surface area contributed by atoms with Crippen LogP contribution in [0.5, 0.6) is 0 Å². The van der Waals surface area contributed by atoms with Gasteiger partial charge in [0.05, 0.1) is 7.11 Å². The third kappa shape index (κ3) is 6.39. The Balaban J connectivity index is 1.99. The number of benzene rings is 3. The van der Waals surface area contributed by atoms with Gasteiger partial charge in [-0.25, -0.2) is 4.79 Å². The highest BCUT2D eigenvalue weighted by molar-refractivity contribution is 5.98. The molecule has 35 heavy (non-hydrogen) atoms. The van der Waals surface area contributed by atoms with Crippen LogP contribution in [0.3, 0.4) is 0 Å². The van der Waals surface area contributed by atoms with Gasteiger partial charge in [0.15, 0.2) is 0 Å². The second kappa shape index (κ2) is 13.5. The van der Waals surface area contributed by atoms with Gasteiger partial charge < -0.3 is 10.1 Å². The summed E-state index contributed by atoms with van der Waals surface area (Å²) in [5.74, 6) is -0.641. The molecule has 4 heteroatoms. The van der Waals surface area contributed by atoms with Crippen molar-refractivity contribution in [2.45, 2.75) is 63.3 Å². The van der Waals surface area contributed by atoms with Crippen LogP contribution in [0.1, 0.15) is 68.6 Å². The quantitative estimate of drug-likeness (QED) is 0.178. The summed E-state index contributed by atoms with van der Waals surface area (Å²) in [5, 5.41) is 3.09. The van der Waals surface area contributed by atoms with E-state index in [-0.39, 0.29) is 5.91 Å². The minimum Gasteiger partial charge on any atom is -0.467 e. The average Bonchev–Trinajstić information content (AvgIpc) is 2.92. The molecule has 0 aliphatic carbocycles. The Labute approximate surface area is 209 Å². The molecule has 0 spiro atoms. The molecule has 1 N–H and O–H groups in total. The fourth-order valence-electron chi connectivity index (χ4n) is 4.74. The summed E-state index contributed by atoms with van der Waals surface area (Å²) in [6.07, 6.45) is 7.21. The van der Waals surface area contributed by atoms with Crippen LogP contribution in [0.4, 0.5) is 0 Å². The first-order valence-corrected chi connectivity index (χ1v) is 12.7. The van der Waals surface area contributed by atoms with Gasteiger partial charge in [-0.1, -0.05) is 136 Å². The number of ether oxygens (including phenoxy) is 1. The zero-order valence-electron chi connectivity index (χ0n) is 20.9. The van der Waals surface area contributed by atoms with Crippen molar-refractivity contribution in [1.29, 1.82) is 0 Å². The third-order valence-electron chi connectivity index (χ3n) is 6.60. The smallest absolute Gasteiger partial charge is 0.328 e. The maximum Gasteiger partial charge on any atom is 0.328 e. The van der Waals surface area contributed by atoms with E-state index in [1.54, 1.807) is 0 Å². The molecule has 0 saturated carbocycles. The normalized spacial score (nSPS) is 12.1. The molecule has 0 bridgehead atoms. The zero-order chi connectivity index (χ0) is 24.9. The van der Waals surface area contributed by atoms with Crippen molar-refractivity contribution in [3.8, 4) is 0 Å². The standard InChI is InChI=1S/C31H37NO3/c1-3-4-5-6-7-17-24-28(29(33)35-2)32-30(34)31(25-18-11-8-12-19-25,26-20-13-9-14-21-26)27-22-15-10-16-23-27/h8-16,18-23,28H,3-7,17,24H2,1-2H3,(H,32,34)/t28-/m1/s1. The summed E-state index contributed by atoms with van der Waals surface area (Å²) in [5.41, 5.74) is 1.42. The van der Waals surface area contributed by atoms with Gasteiger partial charge in [0, 0.05) is 0 Å². The zero-order valence-corrected chi connectivity index (χ0v) is 20.9. The molecule has 0 radical (unpaired) electrons. The molecule has 3 aromatic rings. The average molecular weight is 472 g/mol. The van der Waals surface area contributed by atoms with E-state index in [1.165, 1.54) is 26.4 Å². The van der Waals surface area contributed by atoms with E-state index in [1.807, 2.05) is 91.0 Å². The fourth-order valence-corrected chi connectivity index (χ4v) is 4.74. The molecule has 0 heterocycles. The van der Waals surface area contributed by atoms with E-state index >= 15 is 0 Å². The Morgan fingerprint density at radius 1 is 0.714 bits per heavy atom. The molecular formula is C31H37NO3. The second-order valence-electron chi connectivity index (χ2n) is 8.95. The molecule has 0 saturated heterocycles. The maximum absolute atomic E-state index is 14.4. The maximum atomic E-state index is 14.4. The molecule has 184 valence electrons. The molecular weight excluding hydrogens is 434 g/mol. The van der Waals surface area contributed by atoms with Crippen LogP contribution in [-0.2, 0) is 19.7 Å². The highest BCUT2D eigenvalue weighted by Gasteiger charge is 2.45. The lowest BCUT2D eigenvalue weighted by Gasteiger charge is -2.35. The Morgan fingerprint density at radius 2 is 1.14 bits per heavy atom. The molecule has 3 aromatic carbocycles. The Hall–Kier alpha value is -3.40. The predicted molar refractivity (Wildman–Crippen MR) is 141 cm³/mol. The van der Waals surface area contributed by atoms with Crippen molar-refractivity contribution in [2.75, 3.05) is 7.11 Å². The first-order valence-electron chi connectivity index (χ1n) is 12.7. The summed E-state index contributed by atoms with van der Waals surface area (Å²) in [4.78, 5) is 27.1. The SMILES string of the molecule is CCCCCCCC[C@@H](NC(=O)C(c1ccccc1)(c1ccccc1)c1ccccc1)C(=O)OC. The lowest BCUT2D eigenvalue weighted by molar-refractivity contribution is -0.145. The molecule has 0 unspecified atom stereocenters. The van der Waals surface area contributed by atoms with Crippen molar-refractivity contribution < 1.29 is 14.3 Å². The number of hydrogen-bond acceptors (Lipinski definition) is 3. The minimum atomic E-state index is -1.11. The van der Waals surface area contributed by atoms with E-state index in [2.05, 4.69) is 12.2 Å². The number of carbonyl (C=O) groups excluding carboxylic acids is 2. The number of hydrogen-bond donors (Lipinski definition) is 1.